The van der Waals surface area contributed by atoms with Gasteiger partial charge in [0, 0.05) is 45.6 Å². The maximum absolute atomic E-state index is 15.4. The molecule has 270 valence electrons. The van der Waals surface area contributed by atoms with Gasteiger partial charge in [-0.05, 0) is 110 Å². The highest BCUT2D eigenvalue weighted by Gasteiger charge is 2.42. The van der Waals surface area contributed by atoms with E-state index in [4.69, 9.17) is 14.5 Å². The number of rotatable bonds is 4. The number of pyridine rings is 1. The summed E-state index contributed by atoms with van der Waals surface area (Å²) in [6.07, 6.45) is 2.47. The first-order valence-electron chi connectivity index (χ1n) is 16.6. The molecule has 0 aliphatic carbocycles. The molecule has 11 nitrogen and oxygen atoms in total. The summed E-state index contributed by atoms with van der Waals surface area (Å²) >= 11 is 3.38. The Morgan fingerprint density at radius 2 is 1.62 bits per heavy atom. The number of piperidine rings is 1. The van der Waals surface area contributed by atoms with E-state index < -0.39 is 0 Å². The Morgan fingerprint density at radius 1 is 1.08 bits per heavy atom. The Hall–Kier alpha value is -2.90. The maximum atomic E-state index is 15.4. The minimum absolute atomic E-state index is 0.0347. The van der Waals surface area contributed by atoms with Crippen molar-refractivity contribution in [1.29, 1.82) is 0 Å². The third-order valence-corrected chi connectivity index (χ3v) is 9.21. The molecule has 0 radical (unpaired) electrons. The molecule has 48 heavy (non-hydrogen) atoms. The van der Waals surface area contributed by atoms with E-state index in [0.717, 1.165) is 48.8 Å². The van der Waals surface area contributed by atoms with E-state index in [-0.39, 0.29) is 34.6 Å². The summed E-state index contributed by atoms with van der Waals surface area (Å²) in [6, 6.07) is 2.06. The van der Waals surface area contributed by atoms with Crippen LogP contribution in [0, 0.1) is 12.7 Å². The summed E-state index contributed by atoms with van der Waals surface area (Å²) in [5.41, 5.74) is 2.41. The van der Waals surface area contributed by atoms with Crippen LogP contribution in [0.1, 0.15) is 93.7 Å². The Kier molecular flexibility index (Phi) is 14.3. The lowest BCUT2D eigenvalue weighted by molar-refractivity contribution is -0.151. The SMILES string of the molecule is CC.CC(=O)OC(C)(C)C.COC(C)(C)C.Cc1cc2c(nc(N3CC(C)(N(C)C)C3)c3nnn(C4CCN(C=O)CC4)c32)c(F)c1Br. The van der Waals surface area contributed by atoms with Crippen LogP contribution < -0.4 is 4.90 Å². The molecule has 0 atom stereocenters. The van der Waals surface area contributed by atoms with Crippen LogP contribution in [0.15, 0.2) is 10.5 Å². The Bertz CT molecular complexity index is 1530. The Labute approximate surface area is 294 Å². The van der Waals surface area contributed by atoms with Crippen LogP contribution in [-0.4, -0.2) is 106 Å². The highest BCUT2D eigenvalue weighted by atomic mass is 79.9. The van der Waals surface area contributed by atoms with Crippen molar-refractivity contribution in [2.75, 3.05) is 52.3 Å². The number of anilines is 1. The van der Waals surface area contributed by atoms with Gasteiger partial charge in [-0.2, -0.15) is 0 Å². The van der Waals surface area contributed by atoms with Gasteiger partial charge in [0.05, 0.1) is 21.7 Å². The number of fused-ring (bicyclic) bond motifs is 3. The van der Waals surface area contributed by atoms with Crippen LogP contribution in [0.2, 0.25) is 0 Å². The van der Waals surface area contributed by atoms with E-state index in [1.807, 2.05) is 73.1 Å². The molecule has 3 aromatic rings. The minimum Gasteiger partial charge on any atom is -0.460 e. The number of carbonyl (C=O) groups is 2. The van der Waals surface area contributed by atoms with Gasteiger partial charge >= 0.3 is 5.97 Å². The first-order valence-corrected chi connectivity index (χ1v) is 17.4. The van der Waals surface area contributed by atoms with Crippen molar-refractivity contribution in [2.24, 2.45) is 0 Å². The van der Waals surface area contributed by atoms with Crippen LogP contribution in [0.3, 0.4) is 0 Å². The minimum atomic E-state index is -0.359. The molecule has 2 aromatic heterocycles. The van der Waals surface area contributed by atoms with Crippen molar-refractivity contribution in [3.8, 4) is 0 Å². The molecule has 0 unspecified atom stereocenters. The number of benzene rings is 1. The lowest BCUT2D eigenvalue weighted by Crippen LogP contribution is -2.67. The van der Waals surface area contributed by atoms with Crippen LogP contribution in [0.25, 0.3) is 21.9 Å². The van der Waals surface area contributed by atoms with Crippen LogP contribution >= 0.6 is 15.9 Å². The number of nitrogens with zero attached hydrogens (tertiary/aromatic N) is 7. The van der Waals surface area contributed by atoms with E-state index in [1.54, 1.807) is 12.0 Å². The third kappa shape index (κ3) is 10.3. The van der Waals surface area contributed by atoms with Gasteiger partial charge in [0.2, 0.25) is 6.41 Å². The molecule has 2 aliphatic rings. The smallest absolute Gasteiger partial charge is 0.303 e. The van der Waals surface area contributed by atoms with Gasteiger partial charge in [-0.15, -0.1) is 5.10 Å². The zero-order valence-electron chi connectivity index (χ0n) is 31.5. The second-order valence-electron chi connectivity index (χ2n) is 14.5. The summed E-state index contributed by atoms with van der Waals surface area (Å²) in [5, 5.41) is 9.78. The fourth-order valence-corrected chi connectivity index (χ4v) is 5.54. The molecule has 2 fully saturated rings. The fourth-order valence-electron chi connectivity index (χ4n) is 5.24. The molecule has 1 amide bonds. The third-order valence-electron chi connectivity index (χ3n) is 8.24. The number of halogens is 2. The summed E-state index contributed by atoms with van der Waals surface area (Å²) < 4.78 is 27.5. The molecule has 0 spiro atoms. The number of aromatic nitrogens is 4. The van der Waals surface area contributed by atoms with Crippen molar-refractivity contribution in [1.82, 2.24) is 29.8 Å². The van der Waals surface area contributed by atoms with Gasteiger partial charge < -0.3 is 24.2 Å². The van der Waals surface area contributed by atoms with Crippen molar-refractivity contribution >= 4 is 56.1 Å². The first-order chi connectivity index (χ1) is 22.2. The van der Waals surface area contributed by atoms with E-state index >= 15 is 4.39 Å². The molecule has 4 heterocycles. The molecule has 0 N–H and O–H groups in total. The molecule has 0 bridgehead atoms. The molecule has 5 rings (SSSR count). The van der Waals surface area contributed by atoms with E-state index in [0.29, 0.717) is 34.4 Å². The predicted molar refractivity (Wildman–Crippen MR) is 195 cm³/mol. The van der Waals surface area contributed by atoms with Crippen molar-refractivity contribution < 1.29 is 23.5 Å². The van der Waals surface area contributed by atoms with Crippen molar-refractivity contribution in [2.45, 2.75) is 112 Å². The van der Waals surface area contributed by atoms with Gasteiger partial charge in [0.15, 0.2) is 17.2 Å². The largest absolute Gasteiger partial charge is 0.460 e. The number of hydrogen-bond acceptors (Lipinski definition) is 9. The van der Waals surface area contributed by atoms with E-state index in [2.05, 4.69) is 57.1 Å². The molecule has 2 saturated heterocycles. The highest BCUT2D eigenvalue weighted by molar-refractivity contribution is 9.10. The maximum Gasteiger partial charge on any atom is 0.303 e. The normalized spacial score (nSPS) is 16.3. The molecule has 13 heteroatoms. The van der Waals surface area contributed by atoms with Gasteiger partial charge in [0.25, 0.3) is 0 Å². The van der Waals surface area contributed by atoms with Crippen LogP contribution in [0.5, 0.6) is 0 Å². The van der Waals surface area contributed by atoms with Crippen LogP contribution in [0.4, 0.5) is 10.2 Å². The average Bonchev–Trinajstić information content (AvgIpc) is 3.44. The predicted octanol–water partition coefficient (Wildman–Crippen LogP) is 6.93. The number of carbonyl (C=O) groups excluding carboxylic acids is 2. The van der Waals surface area contributed by atoms with Gasteiger partial charge in [-0.1, -0.05) is 19.1 Å². The van der Waals surface area contributed by atoms with Crippen molar-refractivity contribution in [3.05, 3.63) is 21.9 Å². The second kappa shape index (κ2) is 16.7. The monoisotopic (exact) mass is 737 g/mol. The number of methoxy groups -OCH3 is 1. The van der Waals surface area contributed by atoms with Crippen molar-refractivity contribution in [3.63, 3.8) is 0 Å². The number of likely N-dealkylation sites (N-methyl/N-ethyl adjacent to an activating group) is 1. The number of esters is 1. The summed E-state index contributed by atoms with van der Waals surface area (Å²) in [6.45, 7) is 24.0. The number of aryl methyl sites for hydroxylation is 1. The van der Waals surface area contributed by atoms with E-state index in [1.165, 1.54) is 6.92 Å². The number of hydrogen-bond donors (Lipinski definition) is 0. The molecular weight excluding hydrogens is 681 g/mol. The molecular formula is C35H57BrFN7O4. The van der Waals surface area contributed by atoms with E-state index in [9.17, 15) is 9.59 Å². The van der Waals surface area contributed by atoms with Gasteiger partial charge in [-0.3, -0.25) is 9.59 Å². The zero-order valence-corrected chi connectivity index (χ0v) is 33.1. The number of amides is 1. The Balaban J connectivity index is 0.000000419. The lowest BCUT2D eigenvalue weighted by Gasteiger charge is -2.52. The Morgan fingerprint density at radius 3 is 2.04 bits per heavy atom. The van der Waals surface area contributed by atoms with Gasteiger partial charge in [0.1, 0.15) is 16.6 Å². The van der Waals surface area contributed by atoms with Crippen LogP contribution in [-0.2, 0) is 19.1 Å². The summed E-state index contributed by atoms with van der Waals surface area (Å²) in [5.74, 6) is 0.0955. The summed E-state index contributed by atoms with van der Waals surface area (Å²) in [4.78, 5) is 32.3. The molecule has 0 saturated carbocycles. The lowest BCUT2D eigenvalue weighted by atomic mass is 9.90. The zero-order chi connectivity index (χ0) is 36.8. The molecule has 1 aromatic carbocycles. The first kappa shape index (κ1) is 41.3. The fraction of sp³-hybridized carbons (Fsp3) is 0.686. The number of likely N-dealkylation sites (tertiary alicyclic amines) is 1. The highest BCUT2D eigenvalue weighted by Crippen LogP contribution is 2.40. The quantitative estimate of drug-likeness (QED) is 0.208. The van der Waals surface area contributed by atoms with Gasteiger partial charge in [-0.25, -0.2) is 14.1 Å². The average molecular weight is 739 g/mol. The topological polar surface area (TPSA) is 106 Å². The standard InChI is InChI=1S/C22H27BrFN7O.C6H12O2.C5H12O.C2H6/c1-13-9-15-18(17(24)16(13)23)25-21(30-10-22(2,11-30)28(3)4)19-20(15)31(27-26-19)14-5-7-29(12-32)8-6-14;1-5(7)8-6(2,3)4;1-5(2,3)6-4;1-2/h9,12,14H,5-8,10-11H2,1-4H3;1-4H3;1-4H3;1-2H3. The summed E-state index contributed by atoms with van der Waals surface area (Å²) in [7, 11) is 5.85. The second-order valence-corrected chi connectivity index (χ2v) is 15.3. The number of ether oxygens (including phenoxy) is 2. The molecule has 2 aliphatic heterocycles.